The van der Waals surface area contributed by atoms with Crippen molar-refractivity contribution in [3.05, 3.63) is 95.0 Å². The van der Waals surface area contributed by atoms with Gasteiger partial charge in [-0.1, -0.05) is 54.1 Å². The molecule has 1 N–H and O–H groups in total. The molecule has 0 radical (unpaired) electrons. The maximum atomic E-state index is 13.2. The van der Waals surface area contributed by atoms with Crippen molar-refractivity contribution in [3.8, 4) is 6.07 Å². The average Bonchev–Trinajstić information content (AvgIpc) is 3.09. The molecule has 5 rings (SSSR count). The van der Waals surface area contributed by atoms with Gasteiger partial charge in [-0.3, -0.25) is 4.72 Å². The van der Waals surface area contributed by atoms with Crippen LogP contribution in [0.15, 0.2) is 83.8 Å². The van der Waals surface area contributed by atoms with E-state index in [1.165, 1.54) is 24.3 Å². The molecule has 3 aromatic carbocycles. The van der Waals surface area contributed by atoms with Crippen LogP contribution in [-0.4, -0.2) is 23.0 Å². The number of nitrogens with zero attached hydrogens (tertiary/aromatic N) is 4. The standard InChI is InChI=1S/C24H16ClN5O2S/c25-17-10-12-18(13-11-17)33(31,32)29-23-19(14-26)22-24(28-21-9-5-4-8-20(21)27-22)30(23)15-16-6-2-1-3-7-16/h1-13,29H,15H2. The number of nitrogens with one attached hydrogen (secondary N) is 1. The largest absolute Gasteiger partial charge is 0.305 e. The maximum Gasteiger partial charge on any atom is 0.263 e. The minimum atomic E-state index is -4.01. The number of fused-ring (bicyclic) bond motifs is 2. The Kier molecular flexibility index (Phi) is 5.21. The van der Waals surface area contributed by atoms with E-state index in [2.05, 4.69) is 15.8 Å². The average molecular weight is 474 g/mol. The molecule has 0 aliphatic carbocycles. The summed E-state index contributed by atoms with van der Waals surface area (Å²) in [6, 6.07) is 24.8. The van der Waals surface area contributed by atoms with E-state index in [1.807, 2.05) is 48.5 Å². The Hall–Kier alpha value is -3.93. The fourth-order valence-corrected chi connectivity index (χ4v) is 4.84. The molecule has 0 unspecified atom stereocenters. The predicted molar refractivity (Wildman–Crippen MR) is 128 cm³/mol. The molecule has 0 saturated heterocycles. The third kappa shape index (κ3) is 3.89. The first-order valence-electron chi connectivity index (χ1n) is 9.97. The Morgan fingerprint density at radius 3 is 2.21 bits per heavy atom. The van der Waals surface area contributed by atoms with Crippen LogP contribution in [0.25, 0.3) is 22.2 Å². The maximum absolute atomic E-state index is 13.2. The molecule has 0 aliphatic heterocycles. The number of hydrogen-bond acceptors (Lipinski definition) is 5. The highest BCUT2D eigenvalue weighted by Crippen LogP contribution is 2.32. The van der Waals surface area contributed by atoms with Gasteiger partial charge in [0.1, 0.15) is 23.0 Å². The number of nitriles is 1. The Morgan fingerprint density at radius 2 is 1.55 bits per heavy atom. The first-order chi connectivity index (χ1) is 16.0. The molecule has 0 spiro atoms. The van der Waals surface area contributed by atoms with Crippen LogP contribution in [-0.2, 0) is 16.6 Å². The van der Waals surface area contributed by atoms with Crippen molar-refractivity contribution in [1.82, 2.24) is 14.5 Å². The van der Waals surface area contributed by atoms with Crippen LogP contribution in [0.4, 0.5) is 5.82 Å². The summed E-state index contributed by atoms with van der Waals surface area (Å²) in [4.78, 5) is 9.37. The molecule has 7 nitrogen and oxygen atoms in total. The van der Waals surface area contributed by atoms with Crippen molar-refractivity contribution in [3.63, 3.8) is 0 Å². The second-order valence-electron chi connectivity index (χ2n) is 7.35. The van der Waals surface area contributed by atoms with Gasteiger partial charge in [0, 0.05) is 5.02 Å². The number of hydrogen-bond donors (Lipinski definition) is 1. The van der Waals surface area contributed by atoms with Crippen LogP contribution >= 0.6 is 11.6 Å². The molecule has 2 heterocycles. The van der Waals surface area contributed by atoms with Gasteiger partial charge in [0.2, 0.25) is 0 Å². The number of para-hydroxylation sites is 2. The van der Waals surface area contributed by atoms with Crippen LogP contribution in [0, 0.1) is 11.3 Å². The lowest BCUT2D eigenvalue weighted by Gasteiger charge is -2.13. The zero-order chi connectivity index (χ0) is 23.0. The van der Waals surface area contributed by atoms with Gasteiger partial charge >= 0.3 is 0 Å². The van der Waals surface area contributed by atoms with Crippen molar-refractivity contribution >= 4 is 49.6 Å². The highest BCUT2D eigenvalue weighted by Gasteiger charge is 2.25. The first-order valence-corrected chi connectivity index (χ1v) is 11.8. The van der Waals surface area contributed by atoms with Crippen molar-refractivity contribution in [2.24, 2.45) is 0 Å². The molecule has 0 saturated carbocycles. The molecule has 33 heavy (non-hydrogen) atoms. The summed E-state index contributed by atoms with van der Waals surface area (Å²) in [7, 11) is -4.01. The SMILES string of the molecule is N#Cc1c(NS(=O)(=O)c2ccc(Cl)cc2)n(Cc2ccccc2)c2nc3ccccc3nc12. The Balaban J connectivity index is 1.75. The highest BCUT2D eigenvalue weighted by atomic mass is 35.5. The minimum Gasteiger partial charge on any atom is -0.305 e. The van der Waals surface area contributed by atoms with E-state index in [1.54, 1.807) is 10.6 Å². The third-order valence-corrected chi connectivity index (χ3v) is 6.81. The normalized spacial score (nSPS) is 11.5. The molecule has 0 amide bonds. The topological polar surface area (TPSA) is 101 Å². The molecule has 9 heteroatoms. The van der Waals surface area contributed by atoms with E-state index in [4.69, 9.17) is 16.6 Å². The summed E-state index contributed by atoms with van der Waals surface area (Å²) in [5, 5.41) is 10.4. The second kappa shape index (κ2) is 8.20. The summed E-state index contributed by atoms with van der Waals surface area (Å²) in [5.74, 6) is 0.113. The fourth-order valence-electron chi connectivity index (χ4n) is 3.63. The summed E-state index contributed by atoms with van der Waals surface area (Å²) in [6.45, 7) is 0.296. The highest BCUT2D eigenvalue weighted by molar-refractivity contribution is 7.92. The van der Waals surface area contributed by atoms with Gasteiger partial charge < -0.3 is 4.57 Å². The summed E-state index contributed by atoms with van der Waals surface area (Å²) in [6.07, 6.45) is 0. The van der Waals surface area contributed by atoms with Crippen LogP contribution < -0.4 is 4.72 Å². The van der Waals surface area contributed by atoms with E-state index in [-0.39, 0.29) is 16.3 Å². The van der Waals surface area contributed by atoms with Gasteiger partial charge in [0.15, 0.2) is 5.65 Å². The monoisotopic (exact) mass is 473 g/mol. The van der Waals surface area contributed by atoms with E-state index >= 15 is 0 Å². The quantitative estimate of drug-likeness (QED) is 0.389. The van der Waals surface area contributed by atoms with E-state index in [0.29, 0.717) is 33.8 Å². The van der Waals surface area contributed by atoms with Gasteiger partial charge in [0.25, 0.3) is 10.0 Å². The van der Waals surface area contributed by atoms with Crippen molar-refractivity contribution in [1.29, 1.82) is 5.26 Å². The van der Waals surface area contributed by atoms with Gasteiger partial charge in [-0.2, -0.15) is 5.26 Å². The van der Waals surface area contributed by atoms with Crippen molar-refractivity contribution < 1.29 is 8.42 Å². The van der Waals surface area contributed by atoms with Gasteiger partial charge in [-0.05, 0) is 42.0 Å². The summed E-state index contributed by atoms with van der Waals surface area (Å²) in [5.41, 5.74) is 3.04. The lowest BCUT2D eigenvalue weighted by atomic mass is 10.2. The second-order valence-corrected chi connectivity index (χ2v) is 9.47. The molecule has 5 aromatic rings. The molecule has 0 aliphatic rings. The number of aromatic nitrogens is 3. The number of benzene rings is 3. The zero-order valence-electron chi connectivity index (χ0n) is 17.1. The summed E-state index contributed by atoms with van der Waals surface area (Å²) >= 11 is 5.91. The van der Waals surface area contributed by atoms with Crippen LogP contribution in [0.5, 0.6) is 0 Å². The number of rotatable bonds is 5. The predicted octanol–water partition coefficient (Wildman–Crippen LogP) is 4.96. The van der Waals surface area contributed by atoms with E-state index < -0.39 is 10.0 Å². The van der Waals surface area contributed by atoms with E-state index in [9.17, 15) is 13.7 Å². The molecule has 2 aromatic heterocycles. The number of halogens is 1. The Morgan fingerprint density at radius 1 is 0.909 bits per heavy atom. The molecule has 0 bridgehead atoms. The lowest BCUT2D eigenvalue weighted by Crippen LogP contribution is -2.17. The Labute approximate surface area is 195 Å². The smallest absolute Gasteiger partial charge is 0.263 e. The minimum absolute atomic E-state index is 0.0263. The van der Waals surface area contributed by atoms with Crippen LogP contribution in [0.2, 0.25) is 5.02 Å². The van der Waals surface area contributed by atoms with Crippen LogP contribution in [0.1, 0.15) is 11.1 Å². The van der Waals surface area contributed by atoms with E-state index in [0.717, 1.165) is 5.56 Å². The molecular formula is C24H16ClN5O2S. The van der Waals surface area contributed by atoms with Gasteiger partial charge in [-0.15, -0.1) is 0 Å². The van der Waals surface area contributed by atoms with Crippen LogP contribution in [0.3, 0.4) is 0 Å². The van der Waals surface area contributed by atoms with Crippen molar-refractivity contribution in [2.45, 2.75) is 11.4 Å². The van der Waals surface area contributed by atoms with Crippen molar-refractivity contribution in [2.75, 3.05) is 4.72 Å². The third-order valence-electron chi connectivity index (χ3n) is 5.20. The molecule has 162 valence electrons. The fraction of sp³-hybridized carbons (Fsp3) is 0.0417. The summed E-state index contributed by atoms with van der Waals surface area (Å²) < 4.78 is 30.6. The lowest BCUT2D eigenvalue weighted by molar-refractivity contribution is 0.600. The molecular weight excluding hydrogens is 458 g/mol. The van der Waals surface area contributed by atoms with Gasteiger partial charge in [0.05, 0.1) is 22.5 Å². The van der Waals surface area contributed by atoms with Gasteiger partial charge in [-0.25, -0.2) is 18.4 Å². The number of sulfonamides is 1. The molecule has 0 fully saturated rings. The first kappa shape index (κ1) is 20.9. The Bertz CT molecular complexity index is 1640. The molecule has 0 atom stereocenters. The zero-order valence-corrected chi connectivity index (χ0v) is 18.7. The number of anilines is 1.